The lowest BCUT2D eigenvalue weighted by atomic mass is 9.99. The SMILES string of the molecule is C1=C(c2ccncc2)C[N-]C(c2ccc3c(ccc4c5ccc(-c6ccncc6)cc5n(-c5ccccc5)c34)c2)=C1. The van der Waals surface area contributed by atoms with Crippen LogP contribution in [0.1, 0.15) is 11.1 Å². The van der Waals surface area contributed by atoms with Gasteiger partial charge in [0.2, 0.25) is 0 Å². The van der Waals surface area contributed by atoms with Gasteiger partial charge in [-0.05, 0) is 76.2 Å². The highest BCUT2D eigenvalue weighted by Crippen LogP contribution is 2.39. The maximum atomic E-state index is 4.93. The normalized spacial score (nSPS) is 13.3. The molecule has 3 aromatic heterocycles. The highest BCUT2D eigenvalue weighted by Gasteiger charge is 2.16. The van der Waals surface area contributed by atoms with Crippen LogP contribution in [-0.2, 0) is 0 Å². The molecule has 4 heterocycles. The molecule has 194 valence electrons. The van der Waals surface area contributed by atoms with Crippen LogP contribution in [0.5, 0.6) is 0 Å². The average molecular weight is 526 g/mol. The first-order valence-electron chi connectivity index (χ1n) is 13.8. The zero-order valence-corrected chi connectivity index (χ0v) is 22.3. The maximum Gasteiger partial charge on any atom is 0.0619 e. The molecule has 1 aliphatic heterocycles. The van der Waals surface area contributed by atoms with Crippen molar-refractivity contribution in [1.29, 1.82) is 0 Å². The first-order chi connectivity index (χ1) is 20.3. The van der Waals surface area contributed by atoms with Gasteiger partial charge in [-0.3, -0.25) is 9.97 Å². The van der Waals surface area contributed by atoms with Crippen LogP contribution in [0.3, 0.4) is 0 Å². The lowest BCUT2D eigenvalue weighted by molar-refractivity contribution is 1.19. The molecular weight excluding hydrogens is 500 g/mol. The van der Waals surface area contributed by atoms with Crippen molar-refractivity contribution < 1.29 is 0 Å². The number of allylic oxidation sites excluding steroid dienone is 2. The van der Waals surface area contributed by atoms with Crippen LogP contribution < -0.4 is 0 Å². The minimum atomic E-state index is 0.662. The first kappa shape index (κ1) is 23.4. The summed E-state index contributed by atoms with van der Waals surface area (Å²) in [5.41, 5.74) is 10.4. The molecule has 0 bridgehead atoms. The van der Waals surface area contributed by atoms with Gasteiger partial charge < -0.3 is 9.88 Å². The Labute approximate surface area is 237 Å². The van der Waals surface area contributed by atoms with Gasteiger partial charge in [-0.15, -0.1) is 12.2 Å². The Morgan fingerprint density at radius 1 is 0.561 bits per heavy atom. The summed E-state index contributed by atoms with van der Waals surface area (Å²) >= 11 is 0. The predicted molar refractivity (Wildman–Crippen MR) is 170 cm³/mol. The van der Waals surface area contributed by atoms with Gasteiger partial charge >= 0.3 is 0 Å². The Bertz CT molecular complexity index is 2120. The van der Waals surface area contributed by atoms with Crippen molar-refractivity contribution in [2.45, 2.75) is 0 Å². The summed E-state index contributed by atoms with van der Waals surface area (Å²) in [6.45, 7) is 0.662. The number of fused-ring (bicyclic) bond motifs is 5. The van der Waals surface area contributed by atoms with Crippen LogP contribution in [0.15, 0.2) is 140 Å². The van der Waals surface area contributed by atoms with Crippen LogP contribution in [-0.4, -0.2) is 21.1 Å². The van der Waals surface area contributed by atoms with Gasteiger partial charge in [0, 0.05) is 46.6 Å². The van der Waals surface area contributed by atoms with Crippen molar-refractivity contribution in [1.82, 2.24) is 14.5 Å². The summed E-state index contributed by atoms with van der Waals surface area (Å²) in [5.74, 6) is 0. The van der Waals surface area contributed by atoms with E-state index in [0.29, 0.717) is 6.54 Å². The lowest BCUT2D eigenvalue weighted by Gasteiger charge is -2.30. The summed E-state index contributed by atoms with van der Waals surface area (Å²) in [5, 5.41) is 9.84. The van der Waals surface area contributed by atoms with E-state index in [2.05, 4.69) is 118 Å². The minimum Gasteiger partial charge on any atom is -0.680 e. The van der Waals surface area contributed by atoms with Crippen molar-refractivity contribution in [3.63, 3.8) is 0 Å². The largest absolute Gasteiger partial charge is 0.680 e. The molecule has 0 saturated heterocycles. The third-order valence-electron chi connectivity index (χ3n) is 7.98. The zero-order chi connectivity index (χ0) is 27.2. The summed E-state index contributed by atoms with van der Waals surface area (Å²) in [6.07, 6.45) is 11.7. The Morgan fingerprint density at radius 2 is 1.27 bits per heavy atom. The van der Waals surface area contributed by atoms with Crippen molar-refractivity contribution in [3.05, 3.63) is 157 Å². The standard InChI is InChI=1S/C37H25N4/c1-2-4-31(5-3-1)41-36-23-27(25-14-18-38-19-15-25)6-11-33(36)34-12-7-28-22-29(8-10-32(28)37(34)41)35-13-9-30(24-40-35)26-16-20-39-21-17-26/h1-23H,24H2/q-1. The fraction of sp³-hybridized carbons (Fsp3) is 0.0270. The van der Waals surface area contributed by atoms with Gasteiger partial charge in [-0.1, -0.05) is 72.3 Å². The van der Waals surface area contributed by atoms with E-state index in [9.17, 15) is 0 Å². The van der Waals surface area contributed by atoms with E-state index in [4.69, 9.17) is 5.32 Å². The zero-order valence-electron chi connectivity index (χ0n) is 22.3. The molecule has 0 aliphatic carbocycles. The molecule has 0 fully saturated rings. The van der Waals surface area contributed by atoms with E-state index in [0.717, 1.165) is 22.5 Å². The summed E-state index contributed by atoms with van der Waals surface area (Å²) in [4.78, 5) is 8.34. The molecule has 0 unspecified atom stereocenters. The molecule has 41 heavy (non-hydrogen) atoms. The van der Waals surface area contributed by atoms with Gasteiger partial charge in [0.25, 0.3) is 0 Å². The third-order valence-corrected chi connectivity index (χ3v) is 7.98. The highest BCUT2D eigenvalue weighted by molar-refractivity contribution is 6.19. The molecule has 4 aromatic carbocycles. The number of rotatable bonds is 4. The number of hydrogen-bond acceptors (Lipinski definition) is 2. The number of nitrogens with zero attached hydrogens (tertiary/aromatic N) is 4. The molecule has 1 aliphatic rings. The van der Waals surface area contributed by atoms with Crippen LogP contribution in [0.25, 0.3) is 66.0 Å². The first-order valence-corrected chi connectivity index (χ1v) is 13.8. The lowest BCUT2D eigenvalue weighted by Crippen LogP contribution is -1.98. The molecule has 0 spiro atoms. The monoisotopic (exact) mass is 525 g/mol. The fourth-order valence-electron chi connectivity index (χ4n) is 5.96. The molecule has 0 amide bonds. The van der Waals surface area contributed by atoms with Gasteiger partial charge in [0.05, 0.1) is 11.0 Å². The highest BCUT2D eigenvalue weighted by atomic mass is 15.0. The topological polar surface area (TPSA) is 44.8 Å². The number of benzene rings is 4. The Kier molecular flexibility index (Phi) is 5.49. The Balaban J connectivity index is 1.31. The van der Waals surface area contributed by atoms with E-state index in [1.54, 1.807) is 0 Å². The van der Waals surface area contributed by atoms with Crippen LogP contribution >= 0.6 is 0 Å². The molecule has 8 rings (SSSR count). The molecular formula is C37H25N4-. The molecule has 0 radical (unpaired) electrons. The van der Waals surface area contributed by atoms with Gasteiger partial charge in [0.15, 0.2) is 0 Å². The average Bonchev–Trinajstić information content (AvgIpc) is 3.40. The second-order valence-corrected chi connectivity index (χ2v) is 10.3. The van der Waals surface area contributed by atoms with Crippen LogP contribution in [0.2, 0.25) is 0 Å². The minimum absolute atomic E-state index is 0.662. The Morgan fingerprint density at radius 3 is 2.02 bits per heavy atom. The number of hydrogen-bond donors (Lipinski definition) is 0. The van der Waals surface area contributed by atoms with E-state index in [1.807, 2.05) is 36.9 Å². The predicted octanol–water partition coefficient (Wildman–Crippen LogP) is 9.21. The fourth-order valence-corrected chi connectivity index (χ4v) is 5.96. The second kappa shape index (κ2) is 9.61. The number of para-hydroxylation sites is 1. The quantitative estimate of drug-likeness (QED) is 0.230. The molecule has 0 atom stereocenters. The summed E-state index contributed by atoms with van der Waals surface area (Å²) in [6, 6.07) is 36.9. The van der Waals surface area contributed by atoms with Crippen molar-refractivity contribution >= 4 is 43.8 Å². The smallest absolute Gasteiger partial charge is 0.0619 e. The van der Waals surface area contributed by atoms with Gasteiger partial charge in [-0.2, -0.15) is 0 Å². The van der Waals surface area contributed by atoms with E-state index >= 15 is 0 Å². The van der Waals surface area contributed by atoms with E-state index in [1.165, 1.54) is 49.3 Å². The maximum absolute atomic E-state index is 4.93. The molecule has 0 N–H and O–H groups in total. The third kappa shape index (κ3) is 4.00. The molecule has 7 aromatic rings. The number of aromatic nitrogens is 3. The molecule has 4 nitrogen and oxygen atoms in total. The number of pyridine rings is 2. The van der Waals surface area contributed by atoms with Gasteiger partial charge in [0.1, 0.15) is 0 Å². The summed E-state index contributed by atoms with van der Waals surface area (Å²) < 4.78 is 2.41. The van der Waals surface area contributed by atoms with Gasteiger partial charge in [-0.25, -0.2) is 0 Å². The van der Waals surface area contributed by atoms with Crippen molar-refractivity contribution in [2.24, 2.45) is 0 Å². The van der Waals surface area contributed by atoms with E-state index < -0.39 is 0 Å². The molecule has 0 saturated carbocycles. The molecule has 4 heteroatoms. The van der Waals surface area contributed by atoms with Crippen LogP contribution in [0, 0.1) is 0 Å². The van der Waals surface area contributed by atoms with E-state index in [-0.39, 0.29) is 0 Å². The Hall–Kier alpha value is -5.48. The van der Waals surface area contributed by atoms with Crippen molar-refractivity contribution in [3.8, 4) is 16.8 Å². The van der Waals surface area contributed by atoms with Crippen molar-refractivity contribution in [2.75, 3.05) is 6.54 Å². The van der Waals surface area contributed by atoms with Crippen LogP contribution in [0.4, 0.5) is 0 Å². The summed E-state index contributed by atoms with van der Waals surface area (Å²) in [7, 11) is 0. The second-order valence-electron chi connectivity index (χ2n) is 10.3.